The van der Waals surface area contributed by atoms with Crippen LogP contribution in [0.5, 0.6) is 11.5 Å². The molecule has 3 fully saturated rings. The molecule has 4 aliphatic rings. The van der Waals surface area contributed by atoms with E-state index in [4.69, 9.17) is 31.4 Å². The van der Waals surface area contributed by atoms with Crippen molar-refractivity contribution in [2.24, 2.45) is 17.7 Å². The van der Waals surface area contributed by atoms with Crippen molar-refractivity contribution in [3.8, 4) is 23.0 Å². The van der Waals surface area contributed by atoms with Crippen molar-refractivity contribution in [1.29, 1.82) is 0 Å². The van der Waals surface area contributed by atoms with Gasteiger partial charge in [0.05, 0.1) is 17.2 Å². The third kappa shape index (κ3) is 3.48. The van der Waals surface area contributed by atoms with Crippen molar-refractivity contribution >= 4 is 23.5 Å². The lowest BCUT2D eigenvalue weighted by atomic mass is 9.91. The van der Waals surface area contributed by atoms with Crippen LogP contribution in [-0.4, -0.2) is 52.8 Å². The summed E-state index contributed by atoms with van der Waals surface area (Å²) < 4.78 is 17.1. The molecule has 2 aliphatic heterocycles. The van der Waals surface area contributed by atoms with Crippen molar-refractivity contribution in [3.05, 3.63) is 22.5 Å². The fourth-order valence-corrected chi connectivity index (χ4v) is 5.65. The number of halogens is 1. The summed E-state index contributed by atoms with van der Waals surface area (Å²) in [7, 11) is 0. The van der Waals surface area contributed by atoms with Crippen LogP contribution in [0, 0.1) is 11.8 Å². The van der Waals surface area contributed by atoms with Crippen molar-refractivity contribution in [2.75, 3.05) is 19.7 Å². The first-order valence-electron chi connectivity index (χ1n) is 11.2. The van der Waals surface area contributed by atoms with E-state index in [-0.39, 0.29) is 10.8 Å². The van der Waals surface area contributed by atoms with E-state index in [9.17, 15) is 9.59 Å². The van der Waals surface area contributed by atoms with Crippen LogP contribution >= 0.6 is 11.6 Å². The normalized spacial score (nSPS) is 26.1. The fourth-order valence-electron chi connectivity index (χ4n) is 5.39. The van der Waals surface area contributed by atoms with E-state index >= 15 is 0 Å². The third-order valence-corrected chi connectivity index (χ3v) is 7.62. The molecule has 1 saturated heterocycles. The summed E-state index contributed by atoms with van der Waals surface area (Å²) >= 11 is 6.42. The number of hydrogen-bond donors (Lipinski definition) is 1. The quantitative estimate of drug-likeness (QED) is 0.304. The van der Waals surface area contributed by atoms with Gasteiger partial charge in [-0.25, -0.2) is 9.59 Å². The zero-order valence-electron chi connectivity index (χ0n) is 17.8. The first kappa shape index (κ1) is 20.9. The number of hydrogen-bond acceptors (Lipinski definition) is 10. The molecule has 1 aromatic carbocycles. The molecule has 3 heterocycles. The van der Waals surface area contributed by atoms with Gasteiger partial charge in [0.25, 0.3) is 5.89 Å². The Morgan fingerprint density at radius 2 is 1.94 bits per heavy atom. The van der Waals surface area contributed by atoms with E-state index in [1.165, 1.54) is 19.3 Å². The van der Waals surface area contributed by atoms with Gasteiger partial charge in [-0.2, -0.15) is 5.90 Å². The maximum Gasteiger partial charge on any atom is 0.436 e. The standard InChI is InChI=1S/C22H23ClN4O6/c23-15-7-12(17-11(5-2-6-30-17)18(15)31-21(28)22(29)33-24)19-25-26-20(32-19)16-13-8-27(9-14(13)16)10-3-1-4-10/h7,10,13-14,16H,1-6,8-9,24H2. The van der Waals surface area contributed by atoms with Gasteiger partial charge >= 0.3 is 11.9 Å². The Morgan fingerprint density at radius 3 is 2.64 bits per heavy atom. The minimum absolute atomic E-state index is 0.0399. The smallest absolute Gasteiger partial charge is 0.436 e. The average molecular weight is 475 g/mol. The van der Waals surface area contributed by atoms with Crippen LogP contribution < -0.4 is 15.4 Å². The maximum atomic E-state index is 11.9. The van der Waals surface area contributed by atoms with Gasteiger partial charge in [-0.05, 0) is 43.6 Å². The lowest BCUT2D eigenvalue weighted by molar-refractivity contribution is -0.162. The third-order valence-electron chi connectivity index (χ3n) is 7.34. The molecule has 0 radical (unpaired) electrons. The molecule has 174 valence electrons. The zero-order valence-corrected chi connectivity index (χ0v) is 18.5. The van der Waals surface area contributed by atoms with E-state index in [2.05, 4.69) is 19.9 Å². The number of likely N-dealkylation sites (tertiary alicyclic amines) is 1. The number of benzene rings is 1. The minimum atomic E-state index is -1.33. The van der Waals surface area contributed by atoms with E-state index in [1.807, 2.05) is 0 Å². The molecule has 0 spiro atoms. The predicted molar refractivity (Wildman–Crippen MR) is 113 cm³/mol. The van der Waals surface area contributed by atoms with Crippen LogP contribution in [0.1, 0.15) is 43.1 Å². The van der Waals surface area contributed by atoms with E-state index in [1.54, 1.807) is 6.07 Å². The highest BCUT2D eigenvalue weighted by Gasteiger charge is 2.60. The van der Waals surface area contributed by atoms with Gasteiger partial charge in [0.1, 0.15) is 5.75 Å². The zero-order chi connectivity index (χ0) is 22.7. The highest BCUT2D eigenvalue weighted by Crippen LogP contribution is 2.59. The van der Waals surface area contributed by atoms with Crippen LogP contribution in [0.3, 0.4) is 0 Å². The van der Waals surface area contributed by atoms with Gasteiger partial charge in [0, 0.05) is 30.6 Å². The predicted octanol–water partition coefficient (Wildman–Crippen LogP) is 2.23. The molecule has 0 bridgehead atoms. The molecule has 6 rings (SSSR count). The Kier molecular flexibility index (Phi) is 5.04. The second-order valence-electron chi connectivity index (χ2n) is 9.13. The van der Waals surface area contributed by atoms with Gasteiger partial charge in [0.2, 0.25) is 5.89 Å². The Labute approximate surface area is 194 Å². The van der Waals surface area contributed by atoms with Crippen LogP contribution in [0.4, 0.5) is 0 Å². The first-order valence-corrected chi connectivity index (χ1v) is 11.6. The van der Waals surface area contributed by atoms with Gasteiger partial charge in [0.15, 0.2) is 5.75 Å². The molecule has 2 saturated carbocycles. The number of nitrogens with two attached hydrogens (primary N) is 1. The lowest BCUT2D eigenvalue weighted by Crippen LogP contribution is -2.40. The molecule has 2 aromatic rings. The lowest BCUT2D eigenvalue weighted by Gasteiger charge is -2.35. The summed E-state index contributed by atoms with van der Waals surface area (Å²) in [6.45, 7) is 2.69. The van der Waals surface area contributed by atoms with Crippen LogP contribution in [0.15, 0.2) is 10.5 Å². The van der Waals surface area contributed by atoms with Crippen molar-refractivity contribution in [1.82, 2.24) is 15.1 Å². The molecule has 2 N–H and O–H groups in total. The number of rotatable bonds is 4. The Balaban J connectivity index is 1.25. The second-order valence-corrected chi connectivity index (χ2v) is 9.53. The number of piperidine rings is 1. The summed E-state index contributed by atoms with van der Waals surface area (Å²) in [5.74, 6) is 5.09. The summed E-state index contributed by atoms with van der Waals surface area (Å²) in [5.41, 5.74) is 1.10. The number of esters is 1. The number of carbonyl (C=O) groups excluding carboxylic acids is 2. The molecule has 1 aromatic heterocycles. The maximum absolute atomic E-state index is 11.9. The van der Waals surface area contributed by atoms with Crippen molar-refractivity contribution < 1.29 is 28.3 Å². The number of ether oxygens (including phenoxy) is 2. The average Bonchev–Trinajstić information content (AvgIpc) is 3.13. The van der Waals surface area contributed by atoms with Crippen LogP contribution in [0.2, 0.25) is 5.02 Å². The summed E-state index contributed by atoms with van der Waals surface area (Å²) in [6.07, 6.45) is 5.21. The topological polar surface area (TPSA) is 130 Å². The summed E-state index contributed by atoms with van der Waals surface area (Å²) in [5, 5.41) is 8.72. The number of fused-ring (bicyclic) bond motifs is 2. The molecule has 10 nitrogen and oxygen atoms in total. The molecule has 11 heteroatoms. The SMILES string of the molecule is NOC(=O)C(=O)Oc1c(Cl)cc(-c2nnc(C3C4CN(C5CCC5)CC43)o2)c2c1CCCO2. The van der Waals surface area contributed by atoms with Gasteiger partial charge < -0.3 is 18.7 Å². The molecule has 2 atom stereocenters. The summed E-state index contributed by atoms with van der Waals surface area (Å²) in [6, 6.07) is 2.31. The molecule has 2 unspecified atom stereocenters. The number of carbonyl (C=O) groups is 2. The first-order chi connectivity index (χ1) is 16.0. The Morgan fingerprint density at radius 1 is 1.15 bits per heavy atom. The molecule has 33 heavy (non-hydrogen) atoms. The molecule has 2 aliphatic carbocycles. The molecular formula is C22H23ClN4O6. The highest BCUT2D eigenvalue weighted by molar-refractivity contribution is 6.34. The highest BCUT2D eigenvalue weighted by atomic mass is 35.5. The Hall–Kier alpha value is -2.69. The monoisotopic (exact) mass is 474 g/mol. The van der Waals surface area contributed by atoms with E-state index in [0.29, 0.717) is 65.9 Å². The number of aromatic nitrogens is 2. The Bertz CT molecular complexity index is 1120. The molecular weight excluding hydrogens is 452 g/mol. The minimum Gasteiger partial charge on any atom is -0.492 e. The van der Waals surface area contributed by atoms with Gasteiger partial charge in [-0.3, -0.25) is 4.90 Å². The fraction of sp³-hybridized carbons (Fsp3) is 0.545. The summed E-state index contributed by atoms with van der Waals surface area (Å²) in [4.78, 5) is 29.8. The second kappa shape index (κ2) is 7.96. The van der Waals surface area contributed by atoms with Crippen molar-refractivity contribution in [3.63, 3.8) is 0 Å². The van der Waals surface area contributed by atoms with E-state index < -0.39 is 11.9 Å². The van der Waals surface area contributed by atoms with Crippen LogP contribution in [-0.2, 0) is 20.8 Å². The van der Waals surface area contributed by atoms with Gasteiger partial charge in [-0.1, -0.05) is 18.0 Å². The van der Waals surface area contributed by atoms with Crippen LogP contribution in [0.25, 0.3) is 11.5 Å². The molecule has 0 amide bonds. The number of nitrogens with zero attached hydrogens (tertiary/aromatic N) is 3. The largest absolute Gasteiger partial charge is 0.492 e. The van der Waals surface area contributed by atoms with Crippen molar-refractivity contribution in [2.45, 2.75) is 44.1 Å². The van der Waals surface area contributed by atoms with Gasteiger partial charge in [-0.15, -0.1) is 10.2 Å². The van der Waals surface area contributed by atoms with E-state index in [0.717, 1.165) is 19.1 Å².